The highest BCUT2D eigenvalue weighted by molar-refractivity contribution is 6.05. The number of ether oxygens (including phenoxy) is 3. The van der Waals surface area contributed by atoms with E-state index in [2.05, 4.69) is 0 Å². The number of amides is 2. The Morgan fingerprint density at radius 1 is 1.11 bits per heavy atom. The van der Waals surface area contributed by atoms with Gasteiger partial charge in [-0.3, -0.25) is 14.4 Å². The molecule has 2 amide bonds. The molecule has 4 aliphatic heterocycles. The normalized spacial score (nSPS) is 34.6. The number of carbonyl (C=O) groups excluding carboxylic acids is 3. The van der Waals surface area contributed by atoms with E-state index in [1.807, 2.05) is 19.1 Å². The Morgan fingerprint density at radius 2 is 1.86 bits per heavy atom. The maximum atomic E-state index is 14.2. The number of anilines is 1. The summed E-state index contributed by atoms with van der Waals surface area (Å²) < 4.78 is 17.4. The van der Waals surface area contributed by atoms with Gasteiger partial charge in [0, 0.05) is 12.2 Å². The highest BCUT2D eigenvalue weighted by Crippen LogP contribution is 2.58. The number of benzene rings is 1. The van der Waals surface area contributed by atoms with E-state index in [9.17, 15) is 19.5 Å². The Balaban J connectivity index is 1.66. The minimum Gasteiger partial charge on any atom is -0.497 e. The summed E-state index contributed by atoms with van der Waals surface area (Å²) in [6.07, 6.45) is 7.57. The van der Waals surface area contributed by atoms with Crippen LogP contribution >= 0.6 is 0 Å². The second-order valence-corrected chi connectivity index (χ2v) is 9.48. The van der Waals surface area contributed by atoms with Gasteiger partial charge in [0.2, 0.25) is 5.91 Å². The molecule has 2 saturated heterocycles. The van der Waals surface area contributed by atoms with Gasteiger partial charge in [-0.15, -0.1) is 0 Å². The van der Waals surface area contributed by atoms with Crippen molar-refractivity contribution < 1.29 is 33.7 Å². The van der Waals surface area contributed by atoms with E-state index in [4.69, 9.17) is 14.2 Å². The first-order valence-corrected chi connectivity index (χ1v) is 11.9. The standard InChI is InChI=1S/C26H30N2O7/c1-4-25-11-6-14-34-24(32)20(25)19-22(30)28(16(2)15-29)21-23(31)27(13-5-12-26(19,21)35-25)17-7-9-18(33-3)10-8-17/h5-12,16,19-21,29H,4,13-15H2,1-3H3/t16-,19+,20-,21?,25+,26+/m1/s1. The van der Waals surface area contributed by atoms with Crippen LogP contribution in [0.4, 0.5) is 5.69 Å². The zero-order valence-electron chi connectivity index (χ0n) is 20.0. The fraction of sp³-hybridized carbons (Fsp3) is 0.500. The molecule has 4 aliphatic rings. The Hall–Kier alpha value is -3.17. The Bertz CT molecular complexity index is 1100. The van der Waals surface area contributed by atoms with Gasteiger partial charge in [0.05, 0.1) is 25.7 Å². The van der Waals surface area contributed by atoms with Crippen molar-refractivity contribution in [2.45, 2.75) is 43.6 Å². The van der Waals surface area contributed by atoms with E-state index in [1.165, 1.54) is 4.90 Å². The number of esters is 1. The molecule has 6 atom stereocenters. The van der Waals surface area contributed by atoms with Gasteiger partial charge in [0.25, 0.3) is 5.91 Å². The maximum Gasteiger partial charge on any atom is 0.313 e. The third-order valence-electron chi connectivity index (χ3n) is 7.76. The Labute approximate surface area is 203 Å². The number of hydrogen-bond acceptors (Lipinski definition) is 7. The molecule has 0 radical (unpaired) electrons. The zero-order valence-corrected chi connectivity index (χ0v) is 20.0. The monoisotopic (exact) mass is 482 g/mol. The number of fused-ring (bicyclic) bond motifs is 2. The largest absolute Gasteiger partial charge is 0.497 e. The van der Waals surface area contributed by atoms with E-state index in [-0.39, 0.29) is 25.7 Å². The molecule has 1 N–H and O–H groups in total. The van der Waals surface area contributed by atoms with Crippen LogP contribution < -0.4 is 9.64 Å². The third kappa shape index (κ3) is 3.25. The van der Waals surface area contributed by atoms with Gasteiger partial charge in [-0.25, -0.2) is 0 Å². The number of aliphatic hydroxyl groups is 1. The summed E-state index contributed by atoms with van der Waals surface area (Å²) in [5.41, 5.74) is -1.80. The van der Waals surface area contributed by atoms with Crippen LogP contribution in [0.1, 0.15) is 20.3 Å². The summed E-state index contributed by atoms with van der Waals surface area (Å²) in [6, 6.07) is 5.38. The lowest BCUT2D eigenvalue weighted by atomic mass is 9.73. The van der Waals surface area contributed by atoms with Gasteiger partial charge >= 0.3 is 5.97 Å². The molecule has 1 unspecified atom stereocenters. The zero-order chi connectivity index (χ0) is 25.0. The van der Waals surface area contributed by atoms with Crippen molar-refractivity contribution in [2.75, 3.05) is 31.8 Å². The molecular weight excluding hydrogens is 452 g/mol. The summed E-state index contributed by atoms with van der Waals surface area (Å²) in [5, 5.41) is 9.99. The summed E-state index contributed by atoms with van der Waals surface area (Å²) in [5.74, 6) is -2.43. The lowest BCUT2D eigenvalue weighted by Gasteiger charge is -2.39. The highest BCUT2D eigenvalue weighted by Gasteiger charge is 2.75. The molecule has 0 aliphatic carbocycles. The lowest BCUT2D eigenvalue weighted by molar-refractivity contribution is -0.158. The van der Waals surface area contributed by atoms with Crippen LogP contribution in [-0.4, -0.2) is 77.9 Å². The first kappa shape index (κ1) is 23.6. The summed E-state index contributed by atoms with van der Waals surface area (Å²) in [7, 11) is 1.57. The second kappa shape index (κ2) is 8.49. The molecule has 186 valence electrons. The molecule has 0 bridgehead atoms. The predicted molar refractivity (Wildman–Crippen MR) is 126 cm³/mol. The van der Waals surface area contributed by atoms with E-state index in [1.54, 1.807) is 55.4 Å². The molecule has 4 heterocycles. The number of likely N-dealkylation sites (tertiary alicyclic amines) is 1. The number of hydrogen-bond donors (Lipinski definition) is 1. The van der Waals surface area contributed by atoms with Crippen molar-refractivity contribution in [1.82, 2.24) is 4.90 Å². The van der Waals surface area contributed by atoms with E-state index < -0.39 is 47.0 Å². The molecule has 1 aromatic rings. The molecule has 1 spiro atoms. The quantitative estimate of drug-likeness (QED) is 0.500. The van der Waals surface area contributed by atoms with Crippen LogP contribution in [0, 0.1) is 11.8 Å². The Kier molecular flexibility index (Phi) is 5.72. The fourth-order valence-corrected chi connectivity index (χ4v) is 6.09. The van der Waals surface area contributed by atoms with Crippen LogP contribution in [0.5, 0.6) is 5.75 Å². The van der Waals surface area contributed by atoms with Crippen molar-refractivity contribution in [3.05, 3.63) is 48.6 Å². The number of methoxy groups -OCH3 is 1. The summed E-state index contributed by atoms with van der Waals surface area (Å²) in [6.45, 7) is 3.62. The van der Waals surface area contributed by atoms with Crippen LogP contribution in [-0.2, 0) is 23.9 Å². The average molecular weight is 483 g/mol. The predicted octanol–water partition coefficient (Wildman–Crippen LogP) is 1.45. The molecule has 35 heavy (non-hydrogen) atoms. The SMILES string of the molecule is CC[C@]12C=CCOC(=O)[C@H]1[C@H]1C(=O)N([C@H](C)CO)C3C(=O)N(c4ccc(OC)cc4)CC=C[C@@]31O2. The molecule has 0 aromatic heterocycles. The average Bonchev–Trinajstić information content (AvgIpc) is 3.16. The smallest absolute Gasteiger partial charge is 0.313 e. The lowest BCUT2D eigenvalue weighted by Crippen LogP contribution is -2.58. The van der Waals surface area contributed by atoms with Crippen molar-refractivity contribution in [1.29, 1.82) is 0 Å². The van der Waals surface area contributed by atoms with Gasteiger partial charge in [0.15, 0.2) is 0 Å². The molecule has 9 nitrogen and oxygen atoms in total. The van der Waals surface area contributed by atoms with Gasteiger partial charge in [0.1, 0.15) is 35.5 Å². The van der Waals surface area contributed by atoms with Crippen molar-refractivity contribution in [3.63, 3.8) is 0 Å². The molecule has 5 rings (SSSR count). The van der Waals surface area contributed by atoms with Gasteiger partial charge in [-0.1, -0.05) is 25.2 Å². The topological polar surface area (TPSA) is 106 Å². The summed E-state index contributed by atoms with van der Waals surface area (Å²) in [4.78, 5) is 44.4. The number of nitrogens with zero attached hydrogens (tertiary/aromatic N) is 2. The number of aliphatic hydroxyl groups excluding tert-OH is 1. The molecule has 0 saturated carbocycles. The Morgan fingerprint density at radius 3 is 2.51 bits per heavy atom. The molecule has 2 fully saturated rings. The van der Waals surface area contributed by atoms with Crippen LogP contribution in [0.3, 0.4) is 0 Å². The molecule has 9 heteroatoms. The number of cyclic esters (lactones) is 1. The minimum atomic E-state index is -1.37. The van der Waals surface area contributed by atoms with Gasteiger partial charge in [-0.05, 0) is 43.7 Å². The van der Waals surface area contributed by atoms with E-state index in [0.29, 0.717) is 17.9 Å². The number of rotatable bonds is 5. The summed E-state index contributed by atoms with van der Waals surface area (Å²) >= 11 is 0. The van der Waals surface area contributed by atoms with Crippen molar-refractivity contribution in [3.8, 4) is 5.75 Å². The van der Waals surface area contributed by atoms with Gasteiger partial charge in [-0.2, -0.15) is 0 Å². The first-order valence-electron chi connectivity index (χ1n) is 11.9. The number of carbonyl (C=O) groups is 3. The highest BCUT2D eigenvalue weighted by atomic mass is 16.6. The van der Waals surface area contributed by atoms with Crippen LogP contribution in [0.2, 0.25) is 0 Å². The van der Waals surface area contributed by atoms with Crippen LogP contribution in [0.15, 0.2) is 48.6 Å². The minimum absolute atomic E-state index is 0.106. The molecular formula is C26H30N2O7. The van der Waals surface area contributed by atoms with E-state index >= 15 is 0 Å². The van der Waals surface area contributed by atoms with Crippen LogP contribution in [0.25, 0.3) is 0 Å². The third-order valence-corrected chi connectivity index (χ3v) is 7.76. The maximum absolute atomic E-state index is 14.2. The van der Waals surface area contributed by atoms with E-state index in [0.717, 1.165) is 0 Å². The second-order valence-electron chi connectivity index (χ2n) is 9.48. The first-order chi connectivity index (χ1) is 16.8. The van der Waals surface area contributed by atoms with Crippen molar-refractivity contribution in [2.24, 2.45) is 11.8 Å². The fourth-order valence-electron chi connectivity index (χ4n) is 6.09. The molecule has 1 aromatic carbocycles. The van der Waals surface area contributed by atoms with Gasteiger partial charge < -0.3 is 29.1 Å². The van der Waals surface area contributed by atoms with Crippen molar-refractivity contribution >= 4 is 23.5 Å².